The number of nitrogens with one attached hydrogen (secondary N) is 2. The number of carbonyl (C=O) groups is 2. The molecular weight excluding hydrogens is 443 g/mol. The van der Waals surface area contributed by atoms with E-state index in [2.05, 4.69) is 27.5 Å². The van der Waals surface area contributed by atoms with Crippen LogP contribution in [0.3, 0.4) is 0 Å². The first-order valence-corrected chi connectivity index (χ1v) is 11.4. The molecule has 2 heterocycles. The fraction of sp³-hybridized carbons (Fsp3) is 0.429. The number of hydrogen-bond donors (Lipinski definition) is 2. The average molecular weight is 469 g/mol. The lowest BCUT2D eigenvalue weighted by Crippen LogP contribution is -2.52. The quantitative estimate of drug-likeness (QED) is 0.684. The molecule has 0 unspecified atom stereocenters. The molecule has 0 bridgehead atoms. The smallest absolute Gasteiger partial charge is 0.262 e. The van der Waals surface area contributed by atoms with Gasteiger partial charge in [-0.2, -0.15) is 0 Å². The van der Waals surface area contributed by atoms with Gasteiger partial charge in [0.15, 0.2) is 0 Å². The van der Waals surface area contributed by atoms with Crippen molar-refractivity contribution in [2.24, 2.45) is 0 Å². The van der Waals surface area contributed by atoms with E-state index in [1.54, 1.807) is 32.0 Å². The number of likely N-dealkylation sites (N-methyl/N-ethyl adjacent to an activating group) is 1. The maximum Gasteiger partial charge on any atom is 0.262 e. The summed E-state index contributed by atoms with van der Waals surface area (Å²) in [5.41, 5.74) is 0.433. The van der Waals surface area contributed by atoms with E-state index in [-0.39, 0.29) is 11.8 Å². The molecule has 1 aliphatic rings. The van der Waals surface area contributed by atoms with Gasteiger partial charge in [-0.25, -0.2) is 0 Å². The van der Waals surface area contributed by atoms with Gasteiger partial charge < -0.3 is 20.4 Å². The number of halogens is 2. The Labute approximate surface area is 191 Å². The average Bonchev–Trinajstić information content (AvgIpc) is 3.00. The minimum atomic E-state index is -1.12. The maximum atomic E-state index is 12.8. The van der Waals surface area contributed by atoms with E-state index in [0.29, 0.717) is 19.9 Å². The van der Waals surface area contributed by atoms with Crippen molar-refractivity contribution in [1.29, 1.82) is 0 Å². The standard InChI is InChI=1S/C21H26Cl2N4O2S/c1-21(2,25-19(28)17-7-8-18(23)30-17)20(29)24-14-5-6-16(15(22)13-14)27-10-4-9-26(3)11-12-27/h5-8,13H,4,9-12H2,1-3H3,(H,24,29)(H,25,28). The largest absolute Gasteiger partial charge is 0.369 e. The molecule has 0 saturated carbocycles. The number of thiophene rings is 1. The van der Waals surface area contributed by atoms with Crippen molar-refractivity contribution in [3.63, 3.8) is 0 Å². The Morgan fingerprint density at radius 2 is 1.83 bits per heavy atom. The van der Waals surface area contributed by atoms with Gasteiger partial charge >= 0.3 is 0 Å². The van der Waals surface area contributed by atoms with E-state index in [9.17, 15) is 9.59 Å². The van der Waals surface area contributed by atoms with Gasteiger partial charge in [0.2, 0.25) is 5.91 Å². The zero-order valence-corrected chi connectivity index (χ0v) is 19.6. The first kappa shape index (κ1) is 22.9. The van der Waals surface area contributed by atoms with Crippen LogP contribution < -0.4 is 15.5 Å². The lowest BCUT2D eigenvalue weighted by Gasteiger charge is -2.26. The van der Waals surface area contributed by atoms with Crippen LogP contribution in [-0.4, -0.2) is 55.5 Å². The van der Waals surface area contributed by atoms with Crippen molar-refractivity contribution < 1.29 is 9.59 Å². The van der Waals surface area contributed by atoms with E-state index in [1.165, 1.54) is 11.3 Å². The van der Waals surface area contributed by atoms with Crippen molar-refractivity contribution in [3.8, 4) is 0 Å². The lowest BCUT2D eigenvalue weighted by molar-refractivity contribution is -0.120. The number of anilines is 2. The second-order valence-corrected chi connectivity index (χ2v) is 10.1. The first-order valence-electron chi connectivity index (χ1n) is 9.78. The van der Waals surface area contributed by atoms with Gasteiger partial charge in [0.25, 0.3) is 5.91 Å². The summed E-state index contributed by atoms with van der Waals surface area (Å²) in [4.78, 5) is 30.2. The topological polar surface area (TPSA) is 64.7 Å². The molecule has 0 spiro atoms. The van der Waals surface area contributed by atoms with E-state index in [4.69, 9.17) is 23.2 Å². The molecule has 6 nitrogen and oxygen atoms in total. The van der Waals surface area contributed by atoms with Gasteiger partial charge in [-0.3, -0.25) is 9.59 Å². The van der Waals surface area contributed by atoms with Crippen LogP contribution in [0.5, 0.6) is 0 Å². The highest BCUT2D eigenvalue weighted by atomic mass is 35.5. The number of hydrogen-bond acceptors (Lipinski definition) is 5. The molecule has 30 heavy (non-hydrogen) atoms. The molecule has 0 aliphatic carbocycles. The molecule has 1 aliphatic heterocycles. The lowest BCUT2D eigenvalue weighted by atomic mass is 10.0. The van der Waals surface area contributed by atoms with Gasteiger partial charge in [0, 0.05) is 25.3 Å². The molecule has 1 saturated heterocycles. The Morgan fingerprint density at radius 1 is 1.07 bits per heavy atom. The predicted molar refractivity (Wildman–Crippen MR) is 125 cm³/mol. The molecule has 0 radical (unpaired) electrons. The Kier molecular flexibility index (Phi) is 7.29. The third-order valence-electron chi connectivity index (χ3n) is 5.06. The highest BCUT2D eigenvalue weighted by molar-refractivity contribution is 7.18. The Balaban J connectivity index is 1.65. The van der Waals surface area contributed by atoms with Crippen LogP contribution in [0.15, 0.2) is 30.3 Å². The van der Waals surface area contributed by atoms with E-state index < -0.39 is 5.54 Å². The second-order valence-electron chi connectivity index (χ2n) is 7.95. The van der Waals surface area contributed by atoms with E-state index in [0.717, 1.165) is 38.3 Å². The number of amides is 2. The molecule has 2 aromatic rings. The highest BCUT2D eigenvalue weighted by Crippen LogP contribution is 2.30. The van der Waals surface area contributed by atoms with Crippen molar-refractivity contribution in [3.05, 3.63) is 44.6 Å². The predicted octanol–water partition coefficient (Wildman–Crippen LogP) is 4.34. The summed E-state index contributed by atoms with van der Waals surface area (Å²) in [5, 5.41) is 6.19. The maximum absolute atomic E-state index is 12.8. The summed E-state index contributed by atoms with van der Waals surface area (Å²) in [6, 6.07) is 8.81. The van der Waals surface area contributed by atoms with E-state index in [1.807, 2.05) is 12.1 Å². The van der Waals surface area contributed by atoms with Crippen molar-refractivity contribution in [2.75, 3.05) is 43.4 Å². The minimum absolute atomic E-state index is 0.335. The van der Waals surface area contributed by atoms with Crippen LogP contribution in [0.25, 0.3) is 0 Å². The first-order chi connectivity index (χ1) is 14.2. The van der Waals surface area contributed by atoms with Crippen LogP contribution >= 0.6 is 34.5 Å². The zero-order chi connectivity index (χ0) is 21.9. The summed E-state index contributed by atoms with van der Waals surface area (Å²) < 4.78 is 0.521. The molecule has 9 heteroatoms. The van der Waals surface area contributed by atoms with E-state index >= 15 is 0 Å². The molecule has 2 N–H and O–H groups in total. The number of nitrogens with zero attached hydrogens (tertiary/aromatic N) is 2. The monoisotopic (exact) mass is 468 g/mol. The number of rotatable bonds is 5. The van der Waals surface area contributed by atoms with Crippen LogP contribution in [-0.2, 0) is 4.79 Å². The van der Waals surface area contributed by atoms with Gasteiger partial charge in [0.05, 0.1) is 19.9 Å². The van der Waals surface area contributed by atoms with Crippen LogP contribution in [0.2, 0.25) is 9.36 Å². The minimum Gasteiger partial charge on any atom is -0.369 e. The third kappa shape index (κ3) is 5.66. The molecule has 1 aromatic heterocycles. The fourth-order valence-corrected chi connectivity index (χ4v) is 4.49. The zero-order valence-electron chi connectivity index (χ0n) is 17.3. The van der Waals surface area contributed by atoms with Gasteiger partial charge in [-0.15, -0.1) is 11.3 Å². The number of carbonyl (C=O) groups excluding carboxylic acids is 2. The summed E-state index contributed by atoms with van der Waals surface area (Å²) in [7, 11) is 2.12. The fourth-order valence-electron chi connectivity index (χ4n) is 3.25. The summed E-state index contributed by atoms with van der Waals surface area (Å²) >= 11 is 13.6. The van der Waals surface area contributed by atoms with Gasteiger partial charge in [0.1, 0.15) is 5.54 Å². The summed E-state index contributed by atoms with van der Waals surface area (Å²) in [6.07, 6.45) is 1.08. The molecular formula is C21H26Cl2N4O2S. The van der Waals surface area contributed by atoms with Crippen molar-refractivity contribution >= 4 is 57.7 Å². The Hall–Kier alpha value is -1.80. The molecule has 3 rings (SSSR count). The third-order valence-corrected chi connectivity index (χ3v) is 6.59. The highest BCUT2D eigenvalue weighted by Gasteiger charge is 2.30. The molecule has 0 atom stereocenters. The van der Waals surface area contributed by atoms with Crippen LogP contribution in [0, 0.1) is 0 Å². The van der Waals surface area contributed by atoms with Crippen LogP contribution in [0.4, 0.5) is 11.4 Å². The number of benzene rings is 1. The molecule has 162 valence electrons. The Bertz CT molecular complexity index is 931. The van der Waals surface area contributed by atoms with Crippen molar-refractivity contribution in [1.82, 2.24) is 10.2 Å². The van der Waals surface area contributed by atoms with Crippen LogP contribution in [0.1, 0.15) is 29.9 Å². The van der Waals surface area contributed by atoms with Crippen molar-refractivity contribution in [2.45, 2.75) is 25.8 Å². The normalized spacial score (nSPS) is 15.6. The Morgan fingerprint density at radius 3 is 2.50 bits per heavy atom. The molecule has 1 fully saturated rings. The summed E-state index contributed by atoms with van der Waals surface area (Å²) in [6.45, 7) is 7.21. The van der Waals surface area contributed by atoms with Gasteiger partial charge in [-0.1, -0.05) is 23.2 Å². The summed E-state index contributed by atoms with van der Waals surface area (Å²) in [5.74, 6) is -0.676. The second kappa shape index (κ2) is 9.56. The van der Waals surface area contributed by atoms with Gasteiger partial charge in [-0.05, 0) is 64.2 Å². The molecule has 2 amide bonds. The molecule has 1 aromatic carbocycles. The SMILES string of the molecule is CN1CCCN(c2ccc(NC(=O)C(C)(C)NC(=O)c3ccc(Cl)s3)cc2Cl)CC1.